The van der Waals surface area contributed by atoms with Crippen molar-refractivity contribution in [1.29, 1.82) is 0 Å². The average molecular weight is 408 g/mol. The minimum Gasteiger partial charge on any atom is -0.493 e. The smallest absolute Gasteiger partial charge is 0.270 e. The molecule has 0 spiro atoms. The molecule has 0 unspecified atom stereocenters. The van der Waals surface area contributed by atoms with Crippen LogP contribution < -0.4 is 15.6 Å². The highest BCUT2D eigenvalue weighted by atomic mass is 79.9. The Balaban J connectivity index is 1.76. The van der Waals surface area contributed by atoms with Crippen LogP contribution in [0.15, 0.2) is 53.0 Å². The number of rotatable bonds is 6. The first kappa shape index (κ1) is 18.4. The first-order chi connectivity index (χ1) is 12.0. The number of ether oxygens (including phenoxy) is 1. The number of hydrazine groups is 1. The highest BCUT2D eigenvalue weighted by molar-refractivity contribution is 9.10. The summed E-state index contributed by atoms with van der Waals surface area (Å²) in [5.41, 5.74) is 4.29. The number of non-ortho nitro benzene ring substituents is 1. The highest BCUT2D eigenvalue weighted by Crippen LogP contribution is 2.17. The maximum Gasteiger partial charge on any atom is 0.270 e. The third kappa shape index (κ3) is 5.88. The first-order valence-corrected chi connectivity index (χ1v) is 7.97. The third-order valence-electron chi connectivity index (χ3n) is 3.03. The number of carbonyl (C=O) groups is 2. The van der Waals surface area contributed by atoms with E-state index in [2.05, 4.69) is 26.8 Å². The van der Waals surface area contributed by atoms with Gasteiger partial charge in [-0.15, -0.1) is 0 Å². The molecule has 2 aromatic carbocycles. The normalized spacial score (nSPS) is 9.96. The molecule has 0 bridgehead atoms. The van der Waals surface area contributed by atoms with Gasteiger partial charge in [0.2, 0.25) is 5.91 Å². The van der Waals surface area contributed by atoms with Crippen LogP contribution in [0, 0.1) is 10.1 Å². The molecule has 0 fully saturated rings. The summed E-state index contributed by atoms with van der Waals surface area (Å²) < 4.78 is 6.27. The predicted octanol–water partition coefficient (Wildman–Crippen LogP) is 2.59. The van der Waals surface area contributed by atoms with E-state index >= 15 is 0 Å². The van der Waals surface area contributed by atoms with Gasteiger partial charge in [-0.3, -0.25) is 30.6 Å². The van der Waals surface area contributed by atoms with Gasteiger partial charge in [-0.05, 0) is 24.3 Å². The lowest BCUT2D eigenvalue weighted by molar-refractivity contribution is -0.384. The van der Waals surface area contributed by atoms with Gasteiger partial charge in [0.1, 0.15) is 5.75 Å². The van der Waals surface area contributed by atoms with Crippen molar-refractivity contribution in [1.82, 2.24) is 10.9 Å². The second kappa shape index (κ2) is 8.78. The molecule has 0 aliphatic carbocycles. The third-order valence-corrected chi connectivity index (χ3v) is 3.52. The van der Waals surface area contributed by atoms with E-state index < -0.39 is 16.7 Å². The zero-order chi connectivity index (χ0) is 18.2. The Bertz CT molecular complexity index is 797. The maximum atomic E-state index is 11.9. The molecule has 9 heteroatoms. The molecule has 2 amide bonds. The second-order valence-corrected chi connectivity index (χ2v) is 5.78. The fourth-order valence-corrected chi connectivity index (χ4v) is 2.22. The Morgan fingerprint density at radius 3 is 2.60 bits per heavy atom. The van der Waals surface area contributed by atoms with Gasteiger partial charge in [0.15, 0.2) is 0 Å². The van der Waals surface area contributed by atoms with E-state index in [1.54, 1.807) is 18.2 Å². The Morgan fingerprint density at radius 2 is 1.88 bits per heavy atom. The number of amides is 2. The van der Waals surface area contributed by atoms with Gasteiger partial charge in [0.05, 0.1) is 18.0 Å². The van der Waals surface area contributed by atoms with Crippen LogP contribution in [0.5, 0.6) is 5.75 Å². The number of hydrogen-bond acceptors (Lipinski definition) is 5. The van der Waals surface area contributed by atoms with Gasteiger partial charge < -0.3 is 4.74 Å². The Morgan fingerprint density at radius 1 is 1.12 bits per heavy atom. The summed E-state index contributed by atoms with van der Waals surface area (Å²) in [6.07, 6.45) is 0.0295. The molecular weight excluding hydrogens is 394 g/mol. The molecule has 0 saturated heterocycles. The Kier molecular flexibility index (Phi) is 6.47. The summed E-state index contributed by atoms with van der Waals surface area (Å²) in [4.78, 5) is 33.6. The lowest BCUT2D eigenvalue weighted by Crippen LogP contribution is -2.42. The SMILES string of the molecule is O=C(CCOc1cccc(Br)c1)NNC(=O)c1cccc([N+](=O)[O-])c1. The molecule has 0 aromatic heterocycles. The zero-order valence-corrected chi connectivity index (χ0v) is 14.5. The standard InChI is InChI=1S/C16H14BrN3O5/c17-12-4-2-6-14(10-12)25-8-7-15(21)18-19-16(22)11-3-1-5-13(9-11)20(23)24/h1-6,9-10H,7-8H2,(H,18,21)(H,19,22). The van der Waals surface area contributed by atoms with E-state index in [1.807, 2.05) is 6.07 Å². The molecule has 2 aromatic rings. The fourth-order valence-electron chi connectivity index (χ4n) is 1.84. The van der Waals surface area contributed by atoms with Crippen LogP contribution in [0.25, 0.3) is 0 Å². The molecule has 2 rings (SSSR count). The number of nitrogens with zero attached hydrogens (tertiary/aromatic N) is 1. The highest BCUT2D eigenvalue weighted by Gasteiger charge is 2.12. The molecule has 25 heavy (non-hydrogen) atoms. The minimum atomic E-state index is -0.648. The molecular formula is C16H14BrN3O5. The van der Waals surface area contributed by atoms with Crippen LogP contribution in [0.2, 0.25) is 0 Å². The van der Waals surface area contributed by atoms with E-state index in [0.717, 1.165) is 10.5 Å². The molecule has 0 heterocycles. The van der Waals surface area contributed by atoms with Crippen LogP contribution in [-0.2, 0) is 4.79 Å². The summed E-state index contributed by atoms with van der Waals surface area (Å²) in [5, 5.41) is 10.7. The van der Waals surface area contributed by atoms with Crippen molar-refractivity contribution < 1.29 is 19.2 Å². The number of nitro groups is 1. The summed E-state index contributed by atoms with van der Waals surface area (Å²) in [6.45, 7) is 0.134. The van der Waals surface area contributed by atoms with Gasteiger partial charge in [-0.1, -0.05) is 28.1 Å². The summed E-state index contributed by atoms with van der Waals surface area (Å²) in [7, 11) is 0. The van der Waals surface area contributed by atoms with Crippen LogP contribution in [0.4, 0.5) is 5.69 Å². The molecule has 2 N–H and O–H groups in total. The topological polar surface area (TPSA) is 111 Å². The van der Waals surface area contributed by atoms with Crippen molar-refractivity contribution in [3.8, 4) is 5.75 Å². The summed E-state index contributed by atoms with van der Waals surface area (Å²) in [6, 6.07) is 12.4. The van der Waals surface area contributed by atoms with Gasteiger partial charge in [-0.2, -0.15) is 0 Å². The molecule has 0 aliphatic rings. The van der Waals surface area contributed by atoms with E-state index in [9.17, 15) is 19.7 Å². The number of nitro benzene ring substituents is 1. The Labute approximate surface area is 151 Å². The van der Waals surface area contributed by atoms with E-state index in [1.165, 1.54) is 18.2 Å². The number of carbonyl (C=O) groups excluding carboxylic acids is 2. The molecule has 130 valence electrons. The summed E-state index contributed by atoms with van der Waals surface area (Å²) in [5.74, 6) is -0.485. The molecule has 0 atom stereocenters. The minimum absolute atomic E-state index is 0.0295. The molecule has 0 aliphatic heterocycles. The van der Waals surface area contributed by atoms with Gasteiger partial charge in [-0.25, -0.2) is 0 Å². The van der Waals surface area contributed by atoms with Crippen LogP contribution >= 0.6 is 15.9 Å². The van der Waals surface area contributed by atoms with Crippen LogP contribution in [0.3, 0.4) is 0 Å². The lowest BCUT2D eigenvalue weighted by Gasteiger charge is -2.09. The van der Waals surface area contributed by atoms with E-state index in [4.69, 9.17) is 4.74 Å². The average Bonchev–Trinajstić information content (AvgIpc) is 2.60. The summed E-state index contributed by atoms with van der Waals surface area (Å²) >= 11 is 3.31. The van der Waals surface area contributed by atoms with Gasteiger partial charge in [0.25, 0.3) is 11.6 Å². The van der Waals surface area contributed by atoms with Crippen molar-refractivity contribution in [2.45, 2.75) is 6.42 Å². The van der Waals surface area contributed by atoms with E-state index in [0.29, 0.717) is 5.75 Å². The molecule has 8 nitrogen and oxygen atoms in total. The second-order valence-electron chi connectivity index (χ2n) is 4.87. The molecule has 0 saturated carbocycles. The monoisotopic (exact) mass is 407 g/mol. The predicted molar refractivity (Wildman–Crippen MR) is 93.0 cm³/mol. The maximum absolute atomic E-state index is 11.9. The van der Waals surface area contributed by atoms with E-state index in [-0.39, 0.29) is 24.3 Å². The zero-order valence-electron chi connectivity index (χ0n) is 12.9. The van der Waals surface area contributed by atoms with Crippen molar-refractivity contribution in [3.05, 3.63) is 68.7 Å². The van der Waals surface area contributed by atoms with Gasteiger partial charge in [0, 0.05) is 22.2 Å². The first-order valence-electron chi connectivity index (χ1n) is 7.18. The number of hydrogen-bond donors (Lipinski definition) is 2. The van der Waals surface area contributed by atoms with Crippen molar-refractivity contribution in [2.24, 2.45) is 0 Å². The van der Waals surface area contributed by atoms with Crippen molar-refractivity contribution >= 4 is 33.4 Å². The van der Waals surface area contributed by atoms with Crippen molar-refractivity contribution in [2.75, 3.05) is 6.61 Å². The van der Waals surface area contributed by atoms with Gasteiger partial charge >= 0.3 is 0 Å². The number of halogens is 1. The van der Waals surface area contributed by atoms with Crippen LogP contribution in [-0.4, -0.2) is 23.3 Å². The Hall–Kier alpha value is -2.94. The lowest BCUT2D eigenvalue weighted by atomic mass is 10.2. The largest absolute Gasteiger partial charge is 0.493 e. The number of benzene rings is 2. The molecule has 0 radical (unpaired) electrons. The quantitative estimate of drug-likeness (QED) is 0.564. The van der Waals surface area contributed by atoms with Crippen LogP contribution in [0.1, 0.15) is 16.8 Å². The fraction of sp³-hybridized carbons (Fsp3) is 0.125. The van der Waals surface area contributed by atoms with Crippen molar-refractivity contribution in [3.63, 3.8) is 0 Å². The number of nitrogens with one attached hydrogen (secondary N) is 2.